The molecule has 396 valence electrons. The topological polar surface area (TPSA) is 288 Å². The number of aryl methyl sites for hydroxylation is 2. The lowest BCUT2D eigenvalue weighted by atomic mass is 10.1. The van der Waals surface area contributed by atoms with Crippen LogP contribution in [0.4, 0.5) is 11.4 Å². The molecule has 4 amide bonds. The van der Waals surface area contributed by atoms with Crippen molar-refractivity contribution in [3.63, 3.8) is 0 Å². The van der Waals surface area contributed by atoms with Gasteiger partial charge >= 0.3 is 0 Å². The number of hydrogen-bond donors (Lipinski definition) is 8. The Morgan fingerprint density at radius 2 is 0.934 bits per heavy atom. The van der Waals surface area contributed by atoms with Crippen LogP contribution in [-0.4, -0.2) is 85.3 Å². The first-order valence-corrected chi connectivity index (χ1v) is 25.1. The highest BCUT2D eigenvalue weighted by molar-refractivity contribution is 6.34. The maximum Gasteiger partial charge on any atom is 0.263 e. The Morgan fingerprint density at radius 3 is 1.33 bits per heavy atom. The minimum absolute atomic E-state index is 0.0700. The van der Waals surface area contributed by atoms with Crippen molar-refractivity contribution in [1.82, 2.24) is 31.6 Å². The summed E-state index contributed by atoms with van der Waals surface area (Å²) in [5.74, 6) is 0.568. The average molecular weight is 1070 g/mol. The number of carbonyl (C=O) groups is 4. The molecule has 6 aromatic rings. The van der Waals surface area contributed by atoms with E-state index in [4.69, 9.17) is 53.2 Å². The second-order valence-corrected chi connectivity index (χ2v) is 18.0. The number of aromatic nitrogens is 2. The molecule has 76 heavy (non-hydrogen) atoms. The number of guanidine groups is 2. The fraction of sp³-hybridized carbons (Fsp3) is 0.259. The summed E-state index contributed by atoms with van der Waals surface area (Å²) in [6, 6.07) is 24.8. The molecule has 2 aromatic heterocycles. The Kier molecular flexibility index (Phi) is 20.3. The number of nitrogens with two attached hydrogens (primary N) is 2. The van der Waals surface area contributed by atoms with Gasteiger partial charge in [-0.2, -0.15) is 0 Å². The van der Waals surface area contributed by atoms with E-state index in [0.29, 0.717) is 93.3 Å². The number of ether oxygens (including phenoxy) is 2. The van der Waals surface area contributed by atoms with Gasteiger partial charge in [-0.05, 0) is 137 Å². The lowest BCUT2D eigenvalue weighted by Crippen LogP contribution is -2.37. The van der Waals surface area contributed by atoms with Crippen LogP contribution in [0.3, 0.4) is 0 Å². The summed E-state index contributed by atoms with van der Waals surface area (Å²) in [4.78, 5) is 59.0. The van der Waals surface area contributed by atoms with Gasteiger partial charge in [0, 0.05) is 11.1 Å². The van der Waals surface area contributed by atoms with Crippen LogP contribution in [0, 0.1) is 13.8 Å². The van der Waals surface area contributed by atoms with Crippen LogP contribution in [0.1, 0.15) is 69.0 Å². The summed E-state index contributed by atoms with van der Waals surface area (Å²) in [6.07, 6.45) is 11.5. The van der Waals surface area contributed by atoms with E-state index in [-0.39, 0.29) is 61.0 Å². The van der Waals surface area contributed by atoms with E-state index in [9.17, 15) is 19.2 Å². The summed E-state index contributed by atoms with van der Waals surface area (Å²) in [6.45, 7) is 6.25. The number of aliphatic imine (C=N–C) groups is 2. The minimum Gasteiger partial charge on any atom is -0.490 e. The standard InChI is InChI=1S/2C27H29ClN6O4/c2*1-17-24-25(34-38-17)19-7-9-20(10-8-19)37-13-5-3-2-4-12-30-16-23(35)32-22-11-6-18(14-21(22)28)15-31-27(29)33-26(24)36/h2*3,5-11,14,30H,2,4,12-13,15-16H2,1H3,(H,32,35)(H3,29,31,33,36)/b5-3+;5-3-. The second-order valence-electron chi connectivity index (χ2n) is 17.2. The van der Waals surface area contributed by atoms with Gasteiger partial charge in [0.2, 0.25) is 11.8 Å². The van der Waals surface area contributed by atoms with Gasteiger partial charge in [0.05, 0.1) is 47.6 Å². The number of amides is 4. The zero-order valence-electron chi connectivity index (χ0n) is 41.8. The molecule has 10 N–H and O–H groups in total. The molecular weight excluding hydrogens is 1020 g/mol. The maximum absolute atomic E-state index is 13.0. The van der Waals surface area contributed by atoms with Gasteiger partial charge in [0.25, 0.3) is 11.8 Å². The SMILES string of the molecule is Cc1onc2c1C(=O)NC(N)=NCc1ccc(c(Cl)c1)NC(=O)CNCCC/C=C/COc1ccc-2cc1.Cc1onc2c1C(=O)NC(N)=NCc1ccc(c(Cl)c1)NC(=O)CNCCC/C=C\COc1ccc-2cc1. The minimum atomic E-state index is -0.489. The van der Waals surface area contributed by atoms with Crippen LogP contribution in [0.2, 0.25) is 10.0 Å². The van der Waals surface area contributed by atoms with Crippen molar-refractivity contribution in [2.24, 2.45) is 21.5 Å². The molecule has 0 saturated heterocycles. The van der Waals surface area contributed by atoms with Crippen LogP contribution >= 0.6 is 23.2 Å². The van der Waals surface area contributed by atoms with Crippen molar-refractivity contribution in [2.75, 3.05) is 50.0 Å². The molecule has 10 heterocycles. The van der Waals surface area contributed by atoms with Crippen molar-refractivity contribution >= 4 is 70.1 Å². The van der Waals surface area contributed by atoms with Crippen LogP contribution in [0.25, 0.3) is 22.5 Å². The Hall–Kier alpha value is -8.30. The van der Waals surface area contributed by atoms with Crippen molar-refractivity contribution < 1.29 is 37.7 Å². The molecule has 0 fully saturated rings. The molecule has 0 spiro atoms. The highest BCUT2D eigenvalue weighted by Crippen LogP contribution is 2.30. The molecule has 0 radical (unpaired) electrons. The van der Waals surface area contributed by atoms with Crippen LogP contribution in [0.5, 0.6) is 11.5 Å². The predicted molar refractivity (Wildman–Crippen MR) is 293 cm³/mol. The van der Waals surface area contributed by atoms with Crippen molar-refractivity contribution in [3.05, 3.63) is 153 Å². The number of rotatable bonds is 0. The molecule has 8 aliphatic rings. The van der Waals surface area contributed by atoms with Gasteiger partial charge in [-0.3, -0.25) is 29.8 Å². The summed E-state index contributed by atoms with van der Waals surface area (Å²) in [5, 5.41) is 25.9. The number of carbonyl (C=O) groups excluding carboxylic acids is 4. The monoisotopic (exact) mass is 1070 g/mol. The zero-order valence-corrected chi connectivity index (χ0v) is 43.4. The van der Waals surface area contributed by atoms with Crippen molar-refractivity contribution in [2.45, 2.75) is 52.6 Å². The van der Waals surface area contributed by atoms with E-state index >= 15 is 0 Å². The second kappa shape index (κ2) is 27.8. The van der Waals surface area contributed by atoms with Gasteiger partial charge in [0.1, 0.15) is 58.7 Å². The highest BCUT2D eigenvalue weighted by Gasteiger charge is 2.24. The smallest absolute Gasteiger partial charge is 0.263 e. The third kappa shape index (κ3) is 16.3. The molecule has 8 aliphatic heterocycles. The quantitative estimate of drug-likeness (QED) is 0.0680. The first-order valence-electron chi connectivity index (χ1n) is 24.3. The summed E-state index contributed by atoms with van der Waals surface area (Å²) in [7, 11) is 0. The molecule has 14 rings (SSSR count). The van der Waals surface area contributed by atoms with Gasteiger partial charge in [-0.1, -0.05) is 70.0 Å². The zero-order chi connectivity index (χ0) is 53.8. The lowest BCUT2D eigenvalue weighted by Gasteiger charge is -2.10. The molecule has 0 saturated carbocycles. The normalized spacial score (nSPS) is 16.6. The lowest BCUT2D eigenvalue weighted by molar-refractivity contribution is -0.116. The molecule has 0 unspecified atom stereocenters. The fourth-order valence-electron chi connectivity index (χ4n) is 7.54. The van der Waals surface area contributed by atoms with E-state index in [0.717, 1.165) is 36.8 Å². The first kappa shape index (κ1) is 55.5. The van der Waals surface area contributed by atoms with Crippen LogP contribution in [-0.2, 0) is 22.7 Å². The predicted octanol–water partition coefficient (Wildman–Crippen LogP) is 7.61. The molecule has 20 nitrogen and oxygen atoms in total. The summed E-state index contributed by atoms with van der Waals surface area (Å²) in [5.41, 5.74) is 17.2. The van der Waals surface area contributed by atoms with Crippen LogP contribution in [0.15, 0.2) is 128 Å². The van der Waals surface area contributed by atoms with Crippen molar-refractivity contribution in [3.8, 4) is 34.0 Å². The van der Waals surface area contributed by atoms with E-state index in [1.807, 2.05) is 48.6 Å². The van der Waals surface area contributed by atoms with Gasteiger partial charge in [-0.25, -0.2) is 9.98 Å². The van der Waals surface area contributed by atoms with Gasteiger partial charge in [0.15, 0.2) is 11.9 Å². The third-order valence-corrected chi connectivity index (χ3v) is 12.1. The number of halogens is 2. The number of anilines is 2. The number of benzene rings is 4. The molecule has 0 atom stereocenters. The summed E-state index contributed by atoms with van der Waals surface area (Å²) >= 11 is 12.7. The van der Waals surface area contributed by atoms with E-state index in [1.165, 1.54) is 0 Å². The Labute approximate surface area is 448 Å². The van der Waals surface area contributed by atoms with E-state index in [1.54, 1.807) is 74.5 Å². The number of nitrogens with zero attached hydrogens (tertiary/aromatic N) is 4. The molecular formula is C54H58Cl2N12O8. The number of allylic oxidation sites excluding steroid dienone is 2. The number of hydrogen-bond acceptors (Lipinski definition) is 16. The van der Waals surface area contributed by atoms with Gasteiger partial charge in [-0.15, -0.1) is 0 Å². The molecule has 22 heteroatoms. The molecule has 0 aliphatic carbocycles. The number of nitrogens with one attached hydrogen (secondary N) is 6. The van der Waals surface area contributed by atoms with E-state index in [2.05, 4.69) is 52.2 Å². The van der Waals surface area contributed by atoms with Crippen molar-refractivity contribution in [1.29, 1.82) is 0 Å². The fourth-order valence-corrected chi connectivity index (χ4v) is 8.04. The summed E-state index contributed by atoms with van der Waals surface area (Å²) < 4.78 is 22.1. The maximum atomic E-state index is 13.0. The molecule has 4 aromatic carbocycles. The molecule has 8 bridgehead atoms. The third-order valence-electron chi connectivity index (χ3n) is 11.4. The van der Waals surface area contributed by atoms with Crippen LogP contribution < -0.4 is 52.8 Å². The Morgan fingerprint density at radius 1 is 0.526 bits per heavy atom. The van der Waals surface area contributed by atoms with E-state index < -0.39 is 11.8 Å². The largest absolute Gasteiger partial charge is 0.490 e. The average Bonchev–Trinajstić information content (AvgIpc) is 4.00. The Balaban J connectivity index is 0.000000221. The first-order chi connectivity index (χ1) is 36.8. The van der Waals surface area contributed by atoms with Gasteiger partial charge < -0.3 is 51.3 Å². The Bertz CT molecular complexity index is 2910. The highest BCUT2D eigenvalue weighted by atomic mass is 35.5.